The van der Waals surface area contributed by atoms with E-state index in [0.29, 0.717) is 74.4 Å². The fourth-order valence-corrected chi connectivity index (χ4v) is 10.5. The molecule has 0 radical (unpaired) electrons. The molecule has 2 aromatic heterocycles. The van der Waals surface area contributed by atoms with E-state index in [1.54, 1.807) is 59.9 Å². The van der Waals surface area contributed by atoms with Crippen molar-refractivity contribution < 1.29 is 62.9 Å². The molecule has 19 nitrogen and oxygen atoms in total. The fraction of sp³-hybridized carbons (Fsp3) is 0.404. The Labute approximate surface area is 461 Å². The van der Waals surface area contributed by atoms with Crippen molar-refractivity contribution in [3.05, 3.63) is 119 Å². The van der Waals surface area contributed by atoms with Crippen LogP contribution in [0, 0.1) is 12.3 Å². The molecule has 1 aliphatic rings. The number of hydrogen-bond donors (Lipinski definition) is 6. The molecule has 6 aromatic rings. The molecule has 4 aromatic carbocycles. The molecule has 0 saturated carbocycles. The van der Waals surface area contributed by atoms with E-state index < -0.39 is 41.3 Å². The van der Waals surface area contributed by atoms with Crippen LogP contribution in [0.15, 0.2) is 102 Å². The van der Waals surface area contributed by atoms with E-state index in [1.165, 1.54) is 28.5 Å². The monoisotopic (exact) mass is 1110 g/mol. The Morgan fingerprint density at radius 2 is 1.36 bits per heavy atom. The van der Waals surface area contributed by atoms with Crippen LogP contribution in [0.1, 0.15) is 67.3 Å². The van der Waals surface area contributed by atoms with Gasteiger partial charge >= 0.3 is 0 Å². The van der Waals surface area contributed by atoms with Crippen LogP contribution in [-0.4, -0.2) is 152 Å². The lowest BCUT2D eigenvalue weighted by molar-refractivity contribution is -0.144. The van der Waals surface area contributed by atoms with Crippen molar-refractivity contribution in [2.45, 2.75) is 65.3 Å². The molecule has 1 saturated heterocycles. The third-order valence-corrected chi connectivity index (χ3v) is 14.7. The van der Waals surface area contributed by atoms with Gasteiger partial charge in [-0.05, 0) is 108 Å². The summed E-state index contributed by atoms with van der Waals surface area (Å²) in [7, 11) is 0. The molecule has 3 heterocycles. The van der Waals surface area contributed by atoms with Gasteiger partial charge in [-0.2, -0.15) is 5.10 Å². The van der Waals surface area contributed by atoms with Gasteiger partial charge < -0.3 is 59.3 Å². The van der Waals surface area contributed by atoms with E-state index in [2.05, 4.69) is 26.1 Å². The molecule has 416 valence electrons. The Hall–Kier alpha value is -6.82. The number of benzene rings is 4. The number of likely N-dealkylation sites (tertiary alicyclic amines) is 1. The molecular weight excluding hydrogens is 1040 g/mol. The third kappa shape index (κ3) is 16.8. The third-order valence-electron chi connectivity index (χ3n) is 12.6. The molecule has 4 amide bonds. The van der Waals surface area contributed by atoms with E-state index in [1.807, 2.05) is 76.5 Å². The number of amides is 4. The summed E-state index contributed by atoms with van der Waals surface area (Å²) in [6, 6.07) is 24.3. The van der Waals surface area contributed by atoms with Gasteiger partial charge in [0.05, 0.1) is 99.5 Å². The number of thiazole rings is 1. The first kappa shape index (κ1) is 58.9. The summed E-state index contributed by atoms with van der Waals surface area (Å²) in [5.74, 6) is -0.887. The van der Waals surface area contributed by atoms with Gasteiger partial charge in [-0.15, -0.1) is 22.7 Å². The highest BCUT2D eigenvalue weighted by Crippen LogP contribution is 2.40. The number of nitrogens with one attached hydrogen (secondary N) is 3. The SMILES string of the molecule is Cc1ncsc1-c1ccc(C(C)NC(=O)C2CC(O)CN2C(=O)C(NC(=O)COCCOCCOCCOCCOCCOc2ccc(C=NNC(=O)c3c(-c4ccc(O)cc4)sc4cc(O)ccc34)cc2)C(C)(C)C)cc1. The molecular formula is C57H68N6O13S2. The Balaban J connectivity index is 0.694. The number of nitrogens with zero attached hydrogens (tertiary/aromatic N) is 3. The van der Waals surface area contributed by atoms with E-state index in [4.69, 9.17) is 28.4 Å². The lowest BCUT2D eigenvalue weighted by atomic mass is 9.85. The number of hydrogen-bond acceptors (Lipinski definition) is 17. The van der Waals surface area contributed by atoms with Crippen LogP contribution in [0.2, 0.25) is 0 Å². The summed E-state index contributed by atoms with van der Waals surface area (Å²) in [6.07, 6.45) is 0.723. The van der Waals surface area contributed by atoms with Crippen LogP contribution in [0.4, 0.5) is 0 Å². The van der Waals surface area contributed by atoms with Crippen LogP contribution >= 0.6 is 22.7 Å². The maximum Gasteiger partial charge on any atom is 0.273 e. The zero-order valence-electron chi connectivity index (χ0n) is 44.4. The largest absolute Gasteiger partial charge is 0.508 e. The average Bonchev–Trinajstić information content (AvgIpc) is 4.20. The van der Waals surface area contributed by atoms with Crippen molar-refractivity contribution in [3.8, 4) is 38.1 Å². The Kier molecular flexibility index (Phi) is 21.7. The van der Waals surface area contributed by atoms with Crippen molar-refractivity contribution in [1.29, 1.82) is 0 Å². The maximum atomic E-state index is 14.0. The zero-order chi connectivity index (χ0) is 55.6. The predicted octanol–water partition coefficient (Wildman–Crippen LogP) is 7.01. The van der Waals surface area contributed by atoms with E-state index >= 15 is 0 Å². The number of aryl methyl sites for hydroxylation is 1. The number of rotatable bonds is 28. The van der Waals surface area contributed by atoms with Gasteiger partial charge in [0.25, 0.3) is 5.91 Å². The minimum Gasteiger partial charge on any atom is -0.508 e. The van der Waals surface area contributed by atoms with Crippen LogP contribution in [0.3, 0.4) is 0 Å². The number of phenolic OH excluding ortho intramolecular Hbond substituents is 2. The van der Waals surface area contributed by atoms with Crippen molar-refractivity contribution in [1.82, 2.24) is 25.9 Å². The summed E-state index contributed by atoms with van der Waals surface area (Å²) < 4.78 is 34.3. The van der Waals surface area contributed by atoms with Crippen LogP contribution in [0.25, 0.3) is 31.0 Å². The molecule has 21 heteroatoms. The molecule has 7 rings (SSSR count). The molecule has 4 atom stereocenters. The van der Waals surface area contributed by atoms with Crippen LogP contribution in [-0.2, 0) is 38.1 Å². The Bertz CT molecular complexity index is 2940. The summed E-state index contributed by atoms with van der Waals surface area (Å²) >= 11 is 2.93. The first-order chi connectivity index (χ1) is 37.5. The number of aromatic hydroxyl groups is 2. The zero-order valence-corrected chi connectivity index (χ0v) is 46.0. The minimum atomic E-state index is -0.982. The number of hydrazone groups is 1. The number of thiophene rings is 1. The minimum absolute atomic E-state index is 0.0308. The Morgan fingerprint density at radius 1 is 0.769 bits per heavy atom. The summed E-state index contributed by atoms with van der Waals surface area (Å²) in [4.78, 5) is 61.5. The highest BCUT2D eigenvalue weighted by atomic mass is 32.1. The molecule has 0 aliphatic carbocycles. The van der Waals surface area contributed by atoms with Gasteiger partial charge in [-0.25, -0.2) is 10.4 Å². The molecule has 1 fully saturated rings. The number of aliphatic hydroxyl groups is 1. The number of ether oxygens (including phenoxy) is 6. The lowest BCUT2D eigenvalue weighted by Gasteiger charge is -2.35. The second-order valence-corrected chi connectivity index (χ2v) is 21.4. The van der Waals surface area contributed by atoms with Gasteiger partial charge in [-0.3, -0.25) is 19.2 Å². The quantitative estimate of drug-likeness (QED) is 0.0164. The van der Waals surface area contributed by atoms with E-state index in [0.717, 1.165) is 37.5 Å². The standard InChI is InChI=1S/C57H68N6O13S2/c1-36(39-8-10-40(11-9-39)51-37(2)58-35-77-51)60-54(68)47-30-44(66)33-63(47)56(70)53(57(3,4)5)61-49(67)34-75-27-26-73-23-22-71-20-21-72-24-25-74-28-29-76-45-17-6-38(7-18-45)32-59-62-55(69)50-46-19-16-43(65)31-48(46)78-52(50)41-12-14-42(64)15-13-41/h6-19,31-32,35-36,44,47,53,64-66H,20-30,33-34H2,1-5H3,(H,60,68)(H,61,67)(H,62,69). The summed E-state index contributed by atoms with van der Waals surface area (Å²) in [6.45, 7) is 12.2. The first-order valence-corrected chi connectivity index (χ1v) is 27.3. The number of carbonyl (C=O) groups excluding carboxylic acids is 4. The average molecular weight is 1110 g/mol. The smallest absolute Gasteiger partial charge is 0.273 e. The predicted molar refractivity (Wildman–Crippen MR) is 298 cm³/mol. The second kappa shape index (κ2) is 28.7. The van der Waals surface area contributed by atoms with E-state index in [9.17, 15) is 34.5 Å². The van der Waals surface area contributed by atoms with Gasteiger partial charge in [0.15, 0.2) is 0 Å². The number of aromatic nitrogens is 1. The van der Waals surface area contributed by atoms with Crippen LogP contribution < -0.4 is 20.8 Å². The second-order valence-electron chi connectivity index (χ2n) is 19.5. The molecule has 78 heavy (non-hydrogen) atoms. The molecule has 4 unspecified atom stereocenters. The molecule has 6 N–H and O–H groups in total. The van der Waals surface area contributed by atoms with Crippen LogP contribution in [0.5, 0.6) is 17.2 Å². The topological polar surface area (TPSA) is 249 Å². The fourth-order valence-electron chi connectivity index (χ4n) is 8.48. The highest BCUT2D eigenvalue weighted by Gasteiger charge is 2.44. The Morgan fingerprint density at radius 3 is 1.97 bits per heavy atom. The van der Waals surface area contributed by atoms with Crippen molar-refractivity contribution in [3.63, 3.8) is 0 Å². The summed E-state index contributed by atoms with van der Waals surface area (Å²) in [5, 5.41) is 41.0. The van der Waals surface area contributed by atoms with E-state index in [-0.39, 0.29) is 56.2 Å². The van der Waals surface area contributed by atoms with Gasteiger partial charge in [0.1, 0.15) is 42.5 Å². The van der Waals surface area contributed by atoms with Crippen molar-refractivity contribution in [2.75, 3.05) is 79.2 Å². The number of phenols is 2. The summed E-state index contributed by atoms with van der Waals surface area (Å²) in [5.41, 5.74) is 8.51. The number of β-amino-alcohol motifs (C(OH)–C–C–N with tert-alkyl or cyclic N) is 1. The maximum absolute atomic E-state index is 14.0. The lowest BCUT2D eigenvalue weighted by Crippen LogP contribution is -2.58. The van der Waals surface area contributed by atoms with Crippen molar-refractivity contribution >= 4 is 62.6 Å². The normalized spacial score (nSPS) is 15.4. The van der Waals surface area contributed by atoms with Crippen molar-refractivity contribution in [2.24, 2.45) is 10.5 Å². The molecule has 1 aliphatic heterocycles. The van der Waals surface area contributed by atoms with Gasteiger partial charge in [0.2, 0.25) is 17.7 Å². The van der Waals surface area contributed by atoms with Gasteiger partial charge in [-0.1, -0.05) is 45.0 Å². The number of aliphatic hydroxyl groups excluding tert-OH is 1. The number of fused-ring (bicyclic) bond motifs is 1. The first-order valence-electron chi connectivity index (χ1n) is 25.6. The molecule has 0 bridgehead atoms. The van der Waals surface area contributed by atoms with Gasteiger partial charge in [0, 0.05) is 27.9 Å². The highest BCUT2D eigenvalue weighted by molar-refractivity contribution is 7.22. The molecule has 0 spiro atoms. The number of carbonyl (C=O) groups is 4.